The van der Waals surface area contributed by atoms with E-state index in [1.165, 1.54) is 11.3 Å². The van der Waals surface area contributed by atoms with Crippen LogP contribution in [-0.4, -0.2) is 22.8 Å². The Kier molecular flexibility index (Phi) is 4.27. The van der Waals surface area contributed by atoms with Crippen molar-refractivity contribution in [3.63, 3.8) is 0 Å². The molecule has 0 N–H and O–H groups in total. The number of aromatic nitrogens is 1. The Morgan fingerprint density at radius 3 is 2.95 bits per heavy atom. The van der Waals surface area contributed by atoms with E-state index < -0.39 is 0 Å². The second-order valence-electron chi connectivity index (χ2n) is 4.81. The van der Waals surface area contributed by atoms with Crippen LogP contribution in [0, 0.1) is 0 Å². The molecular weight excluding hydrogens is 320 g/mol. The van der Waals surface area contributed by atoms with Crippen LogP contribution in [0.15, 0.2) is 52.5 Å². The van der Waals surface area contributed by atoms with Crippen molar-refractivity contribution in [1.82, 2.24) is 9.88 Å². The van der Waals surface area contributed by atoms with Gasteiger partial charge < -0.3 is 9.32 Å². The van der Waals surface area contributed by atoms with Crippen LogP contribution in [0.25, 0.3) is 10.8 Å². The molecule has 3 aromatic rings. The Hall–Kier alpha value is -2.11. The summed E-state index contributed by atoms with van der Waals surface area (Å²) < 4.78 is 5.29. The van der Waals surface area contributed by atoms with E-state index in [9.17, 15) is 4.79 Å². The minimum Gasteiger partial charge on any atom is -0.462 e. The monoisotopic (exact) mass is 332 g/mol. The summed E-state index contributed by atoms with van der Waals surface area (Å²) in [7, 11) is 1.75. The third-order valence-corrected chi connectivity index (χ3v) is 4.20. The van der Waals surface area contributed by atoms with Crippen molar-refractivity contribution < 1.29 is 9.21 Å². The zero-order chi connectivity index (χ0) is 15.5. The molecule has 22 heavy (non-hydrogen) atoms. The maximum Gasteiger partial charge on any atom is 0.273 e. The molecule has 0 aliphatic heterocycles. The van der Waals surface area contributed by atoms with Gasteiger partial charge in [0.25, 0.3) is 5.91 Å². The van der Waals surface area contributed by atoms with Gasteiger partial charge in [-0.1, -0.05) is 23.7 Å². The van der Waals surface area contributed by atoms with Gasteiger partial charge >= 0.3 is 0 Å². The molecule has 0 unspecified atom stereocenters. The smallest absolute Gasteiger partial charge is 0.273 e. The lowest BCUT2D eigenvalue weighted by Gasteiger charge is -2.16. The SMILES string of the molecule is CN(Cc1cccc(Cl)c1)C(=O)c1csc(-c2ccco2)n1. The van der Waals surface area contributed by atoms with Gasteiger partial charge in [-0.2, -0.15) is 0 Å². The van der Waals surface area contributed by atoms with Gasteiger partial charge in [-0.15, -0.1) is 11.3 Å². The van der Waals surface area contributed by atoms with Crippen molar-refractivity contribution in [2.24, 2.45) is 0 Å². The fourth-order valence-corrected chi connectivity index (χ4v) is 3.03. The van der Waals surface area contributed by atoms with E-state index >= 15 is 0 Å². The molecule has 3 rings (SSSR count). The lowest BCUT2D eigenvalue weighted by atomic mass is 10.2. The van der Waals surface area contributed by atoms with Gasteiger partial charge in [0.15, 0.2) is 10.8 Å². The molecule has 1 amide bonds. The van der Waals surface area contributed by atoms with Crippen molar-refractivity contribution in [3.8, 4) is 10.8 Å². The molecule has 0 fully saturated rings. The van der Waals surface area contributed by atoms with Gasteiger partial charge in [-0.25, -0.2) is 4.98 Å². The fourth-order valence-electron chi connectivity index (χ4n) is 2.06. The third-order valence-electron chi connectivity index (χ3n) is 3.11. The lowest BCUT2D eigenvalue weighted by Crippen LogP contribution is -2.26. The highest BCUT2D eigenvalue weighted by molar-refractivity contribution is 7.13. The molecule has 0 radical (unpaired) electrons. The zero-order valence-electron chi connectivity index (χ0n) is 11.8. The maximum absolute atomic E-state index is 12.4. The standard InChI is InChI=1S/C16H13ClN2O2S/c1-19(9-11-4-2-5-12(17)8-11)16(20)13-10-22-15(18-13)14-6-3-7-21-14/h2-8,10H,9H2,1H3. The van der Waals surface area contributed by atoms with Crippen LogP contribution < -0.4 is 0 Å². The number of nitrogens with zero attached hydrogens (tertiary/aromatic N) is 2. The zero-order valence-corrected chi connectivity index (χ0v) is 13.4. The van der Waals surface area contributed by atoms with Crippen LogP contribution in [0.5, 0.6) is 0 Å². The first kappa shape index (κ1) is 14.8. The second kappa shape index (κ2) is 6.34. The van der Waals surface area contributed by atoms with Gasteiger partial charge in [0, 0.05) is 24.0 Å². The quantitative estimate of drug-likeness (QED) is 0.714. The van der Waals surface area contributed by atoms with Gasteiger partial charge in [0.1, 0.15) is 5.69 Å². The Bertz CT molecular complexity index is 783. The van der Waals surface area contributed by atoms with Gasteiger partial charge in [0.2, 0.25) is 0 Å². The second-order valence-corrected chi connectivity index (χ2v) is 6.10. The van der Waals surface area contributed by atoms with Crippen LogP contribution >= 0.6 is 22.9 Å². The molecule has 0 aliphatic carbocycles. The Morgan fingerprint density at radius 1 is 1.36 bits per heavy atom. The number of halogens is 1. The van der Waals surface area contributed by atoms with Gasteiger partial charge in [-0.05, 0) is 29.8 Å². The molecule has 1 aromatic carbocycles. The van der Waals surface area contributed by atoms with E-state index in [4.69, 9.17) is 16.0 Å². The van der Waals surface area contributed by atoms with Gasteiger partial charge in [0.05, 0.1) is 6.26 Å². The number of hydrogen-bond acceptors (Lipinski definition) is 4. The molecule has 2 heterocycles. The number of hydrogen-bond donors (Lipinski definition) is 0. The van der Waals surface area contributed by atoms with Crippen molar-refractivity contribution in [2.75, 3.05) is 7.05 Å². The summed E-state index contributed by atoms with van der Waals surface area (Å²) in [5, 5.41) is 3.10. The third kappa shape index (κ3) is 3.21. The molecule has 112 valence electrons. The fraction of sp³-hybridized carbons (Fsp3) is 0.125. The highest BCUT2D eigenvalue weighted by atomic mass is 35.5. The van der Waals surface area contributed by atoms with E-state index in [0.29, 0.717) is 28.0 Å². The minimum atomic E-state index is -0.131. The van der Waals surface area contributed by atoms with Crippen molar-refractivity contribution in [2.45, 2.75) is 6.54 Å². The van der Waals surface area contributed by atoms with Crippen molar-refractivity contribution in [1.29, 1.82) is 0 Å². The number of rotatable bonds is 4. The molecule has 0 saturated heterocycles. The summed E-state index contributed by atoms with van der Waals surface area (Å²) in [5.41, 5.74) is 1.39. The Labute approximate surface area is 137 Å². The lowest BCUT2D eigenvalue weighted by molar-refractivity contribution is 0.0780. The number of thiazole rings is 1. The first-order valence-corrected chi connectivity index (χ1v) is 7.88. The van der Waals surface area contributed by atoms with E-state index in [-0.39, 0.29) is 5.91 Å². The number of benzene rings is 1. The average molecular weight is 333 g/mol. The van der Waals surface area contributed by atoms with Crippen LogP contribution in [0.3, 0.4) is 0 Å². The largest absolute Gasteiger partial charge is 0.462 e. The van der Waals surface area contributed by atoms with Crippen molar-refractivity contribution >= 4 is 28.8 Å². The highest BCUT2D eigenvalue weighted by Gasteiger charge is 2.17. The predicted octanol–water partition coefficient (Wildman–Crippen LogP) is 4.33. The van der Waals surface area contributed by atoms with Crippen LogP contribution in [0.4, 0.5) is 0 Å². The van der Waals surface area contributed by atoms with Crippen LogP contribution in [0.2, 0.25) is 5.02 Å². The topological polar surface area (TPSA) is 46.3 Å². The van der Waals surface area contributed by atoms with Crippen LogP contribution in [0.1, 0.15) is 16.1 Å². The molecule has 4 nitrogen and oxygen atoms in total. The summed E-state index contributed by atoms with van der Waals surface area (Å²) >= 11 is 7.35. The number of furan rings is 1. The molecule has 0 spiro atoms. The molecule has 0 atom stereocenters. The molecule has 0 aliphatic rings. The van der Waals surface area contributed by atoms with Crippen molar-refractivity contribution in [3.05, 3.63) is 64.3 Å². The summed E-state index contributed by atoms with van der Waals surface area (Å²) in [6.07, 6.45) is 1.59. The summed E-state index contributed by atoms with van der Waals surface area (Å²) in [6, 6.07) is 11.1. The molecular formula is C16H13ClN2O2S. The first-order chi connectivity index (χ1) is 10.6. The average Bonchev–Trinajstić information content (AvgIpc) is 3.17. The number of carbonyl (C=O) groups excluding carboxylic acids is 1. The summed E-state index contributed by atoms with van der Waals surface area (Å²) in [6.45, 7) is 0.479. The highest BCUT2D eigenvalue weighted by Crippen LogP contribution is 2.24. The summed E-state index contributed by atoms with van der Waals surface area (Å²) in [4.78, 5) is 18.4. The Morgan fingerprint density at radius 2 is 2.23 bits per heavy atom. The molecule has 2 aromatic heterocycles. The number of amides is 1. The van der Waals surface area contributed by atoms with E-state index in [0.717, 1.165) is 5.56 Å². The molecule has 0 bridgehead atoms. The van der Waals surface area contributed by atoms with E-state index in [1.54, 1.807) is 29.7 Å². The molecule has 0 saturated carbocycles. The molecule has 6 heteroatoms. The minimum absolute atomic E-state index is 0.131. The van der Waals surface area contributed by atoms with E-state index in [2.05, 4.69) is 4.98 Å². The predicted molar refractivity (Wildman–Crippen MR) is 87.1 cm³/mol. The van der Waals surface area contributed by atoms with Crippen LogP contribution in [-0.2, 0) is 6.54 Å². The van der Waals surface area contributed by atoms with E-state index in [1.807, 2.05) is 30.3 Å². The maximum atomic E-state index is 12.4. The number of carbonyl (C=O) groups is 1. The first-order valence-electron chi connectivity index (χ1n) is 6.63. The normalized spacial score (nSPS) is 10.6. The summed E-state index contributed by atoms with van der Waals surface area (Å²) in [5.74, 6) is 0.538. The Balaban J connectivity index is 1.73. The van der Waals surface area contributed by atoms with Gasteiger partial charge in [-0.3, -0.25) is 4.79 Å².